The van der Waals surface area contributed by atoms with E-state index in [9.17, 15) is 9.90 Å². The summed E-state index contributed by atoms with van der Waals surface area (Å²) in [6.07, 6.45) is 4.96. The summed E-state index contributed by atoms with van der Waals surface area (Å²) in [6, 6.07) is 8.22. The summed E-state index contributed by atoms with van der Waals surface area (Å²) < 4.78 is 0. The van der Waals surface area contributed by atoms with Crippen LogP contribution in [0.15, 0.2) is 30.5 Å². The van der Waals surface area contributed by atoms with Gasteiger partial charge in [-0.25, -0.2) is 9.78 Å². The predicted octanol–water partition coefficient (Wildman–Crippen LogP) is 3.31. The van der Waals surface area contributed by atoms with Gasteiger partial charge in [0.1, 0.15) is 5.82 Å². The summed E-state index contributed by atoms with van der Waals surface area (Å²) in [4.78, 5) is 18.1. The molecular weight excluding hydrogens is 252 g/mol. The van der Waals surface area contributed by atoms with E-state index in [0.717, 1.165) is 29.6 Å². The molecule has 0 aliphatic heterocycles. The van der Waals surface area contributed by atoms with Crippen LogP contribution >= 0.6 is 0 Å². The number of carboxylic acids is 1. The van der Waals surface area contributed by atoms with Gasteiger partial charge in [-0.3, -0.25) is 0 Å². The lowest BCUT2D eigenvalue weighted by molar-refractivity contribution is 0.0698. The van der Waals surface area contributed by atoms with Gasteiger partial charge in [0.25, 0.3) is 0 Å². The van der Waals surface area contributed by atoms with Crippen molar-refractivity contribution in [3.05, 3.63) is 36.0 Å². The number of pyridine rings is 1. The zero-order valence-electron chi connectivity index (χ0n) is 11.5. The lowest BCUT2D eigenvalue weighted by Crippen LogP contribution is -2.27. The largest absolute Gasteiger partial charge is 0.478 e. The van der Waals surface area contributed by atoms with Gasteiger partial charge in [0.2, 0.25) is 0 Å². The van der Waals surface area contributed by atoms with E-state index in [1.165, 1.54) is 19.0 Å². The van der Waals surface area contributed by atoms with Crippen molar-refractivity contribution in [2.75, 3.05) is 11.4 Å². The Kier molecular flexibility index (Phi) is 3.30. The fraction of sp³-hybridized carbons (Fsp3) is 0.375. The Morgan fingerprint density at radius 3 is 2.65 bits per heavy atom. The highest BCUT2D eigenvalue weighted by Crippen LogP contribution is 2.35. The molecule has 1 aliphatic carbocycles. The van der Waals surface area contributed by atoms with Crippen LogP contribution in [0.25, 0.3) is 10.8 Å². The van der Waals surface area contributed by atoms with Crippen LogP contribution in [0.3, 0.4) is 0 Å². The third-order valence-electron chi connectivity index (χ3n) is 3.73. The van der Waals surface area contributed by atoms with Crippen LogP contribution in [-0.2, 0) is 0 Å². The monoisotopic (exact) mass is 270 g/mol. The second-order valence-electron chi connectivity index (χ2n) is 5.27. The van der Waals surface area contributed by atoms with Gasteiger partial charge in [-0.1, -0.05) is 31.2 Å². The van der Waals surface area contributed by atoms with E-state index in [-0.39, 0.29) is 5.56 Å². The summed E-state index contributed by atoms with van der Waals surface area (Å²) in [5.41, 5.74) is 0.275. The topological polar surface area (TPSA) is 53.4 Å². The van der Waals surface area contributed by atoms with Crippen molar-refractivity contribution in [1.29, 1.82) is 0 Å². The van der Waals surface area contributed by atoms with E-state index in [4.69, 9.17) is 0 Å². The first-order valence-electron chi connectivity index (χ1n) is 7.10. The molecule has 1 heterocycles. The third-order valence-corrected chi connectivity index (χ3v) is 3.73. The summed E-state index contributed by atoms with van der Waals surface area (Å²) in [6.45, 7) is 3.12. The Bertz CT molecular complexity index is 650. The molecule has 1 aromatic carbocycles. The maximum absolute atomic E-state index is 11.3. The average molecular weight is 270 g/mol. The van der Waals surface area contributed by atoms with Crippen molar-refractivity contribution in [3.63, 3.8) is 0 Å². The lowest BCUT2D eigenvalue weighted by atomic mass is 10.1. The molecule has 2 aromatic rings. The molecule has 1 aromatic heterocycles. The van der Waals surface area contributed by atoms with Crippen LogP contribution in [0.5, 0.6) is 0 Å². The van der Waals surface area contributed by atoms with Gasteiger partial charge < -0.3 is 10.0 Å². The highest BCUT2D eigenvalue weighted by Gasteiger charge is 2.30. The minimum absolute atomic E-state index is 0.275. The maximum atomic E-state index is 11.3. The first-order chi connectivity index (χ1) is 9.72. The number of anilines is 1. The van der Waals surface area contributed by atoms with E-state index in [2.05, 4.69) is 16.8 Å². The number of carbonyl (C=O) groups is 1. The number of hydrogen-bond acceptors (Lipinski definition) is 3. The van der Waals surface area contributed by atoms with Gasteiger partial charge in [0, 0.05) is 29.6 Å². The summed E-state index contributed by atoms with van der Waals surface area (Å²) in [5, 5.41) is 11.0. The van der Waals surface area contributed by atoms with E-state index < -0.39 is 5.97 Å². The number of fused-ring (bicyclic) bond motifs is 1. The average Bonchev–Trinajstić information content (AvgIpc) is 3.28. The Morgan fingerprint density at radius 1 is 1.35 bits per heavy atom. The van der Waals surface area contributed by atoms with Crippen molar-refractivity contribution in [2.45, 2.75) is 32.2 Å². The predicted molar refractivity (Wildman–Crippen MR) is 79.4 cm³/mol. The van der Waals surface area contributed by atoms with Gasteiger partial charge >= 0.3 is 5.97 Å². The summed E-state index contributed by atoms with van der Waals surface area (Å²) in [7, 11) is 0. The third kappa shape index (κ3) is 2.22. The Hall–Kier alpha value is -2.10. The maximum Gasteiger partial charge on any atom is 0.337 e. The summed E-state index contributed by atoms with van der Waals surface area (Å²) in [5.74, 6) is 0.00339. The molecule has 0 saturated heterocycles. The van der Waals surface area contributed by atoms with Crippen molar-refractivity contribution < 1.29 is 9.90 Å². The molecule has 1 fully saturated rings. The second-order valence-corrected chi connectivity index (χ2v) is 5.27. The van der Waals surface area contributed by atoms with Gasteiger partial charge in [0.05, 0.1) is 5.56 Å². The normalized spacial score (nSPS) is 14.4. The molecule has 104 valence electrons. The van der Waals surface area contributed by atoms with Gasteiger partial charge in [-0.05, 0) is 19.3 Å². The van der Waals surface area contributed by atoms with Crippen molar-refractivity contribution >= 4 is 22.6 Å². The van der Waals surface area contributed by atoms with Crippen LogP contribution in [0.4, 0.5) is 5.82 Å². The molecule has 1 saturated carbocycles. The van der Waals surface area contributed by atoms with Gasteiger partial charge in [0.15, 0.2) is 0 Å². The SMILES string of the molecule is CCCN(c1ncc(C(=O)O)c2ccccc12)C1CC1. The zero-order chi connectivity index (χ0) is 14.1. The van der Waals surface area contributed by atoms with Crippen molar-refractivity contribution in [2.24, 2.45) is 0 Å². The number of carboxylic acid groups (broad SMARTS) is 1. The molecule has 4 heteroatoms. The number of aromatic carboxylic acids is 1. The number of benzene rings is 1. The van der Waals surface area contributed by atoms with Gasteiger partial charge in [-0.2, -0.15) is 0 Å². The number of aromatic nitrogens is 1. The first-order valence-corrected chi connectivity index (χ1v) is 7.10. The standard InChI is InChI=1S/C16H18N2O2/c1-2-9-18(11-7-8-11)15-13-6-4-3-5-12(13)14(10-17-15)16(19)20/h3-6,10-11H,2,7-9H2,1H3,(H,19,20). The lowest BCUT2D eigenvalue weighted by Gasteiger charge is -2.24. The van der Waals surface area contributed by atoms with Crippen molar-refractivity contribution in [1.82, 2.24) is 4.98 Å². The smallest absolute Gasteiger partial charge is 0.337 e. The fourth-order valence-electron chi connectivity index (χ4n) is 2.67. The van der Waals surface area contributed by atoms with Crippen LogP contribution in [0, 0.1) is 0 Å². The van der Waals surface area contributed by atoms with E-state index in [0.29, 0.717) is 6.04 Å². The molecule has 1 aliphatic rings. The molecule has 0 atom stereocenters. The van der Waals surface area contributed by atoms with Crippen molar-refractivity contribution in [3.8, 4) is 0 Å². The minimum Gasteiger partial charge on any atom is -0.478 e. The molecule has 1 N–H and O–H groups in total. The number of rotatable bonds is 5. The molecule has 4 nitrogen and oxygen atoms in total. The molecule has 0 spiro atoms. The quantitative estimate of drug-likeness (QED) is 0.905. The Balaban J connectivity index is 2.16. The molecule has 0 amide bonds. The van der Waals surface area contributed by atoms with Crippen LogP contribution in [0.1, 0.15) is 36.5 Å². The fourth-order valence-corrected chi connectivity index (χ4v) is 2.67. The van der Waals surface area contributed by atoms with E-state index in [1.54, 1.807) is 0 Å². The second kappa shape index (κ2) is 5.12. The molecular formula is C16H18N2O2. The minimum atomic E-state index is -0.922. The molecule has 20 heavy (non-hydrogen) atoms. The Morgan fingerprint density at radius 2 is 2.05 bits per heavy atom. The van der Waals surface area contributed by atoms with Crippen LogP contribution in [-0.4, -0.2) is 28.6 Å². The highest BCUT2D eigenvalue weighted by molar-refractivity contribution is 6.06. The highest BCUT2D eigenvalue weighted by atomic mass is 16.4. The molecule has 0 bridgehead atoms. The molecule has 0 radical (unpaired) electrons. The number of nitrogens with zero attached hydrogens (tertiary/aromatic N) is 2. The number of hydrogen-bond donors (Lipinski definition) is 1. The molecule has 0 unspecified atom stereocenters. The van der Waals surface area contributed by atoms with Gasteiger partial charge in [-0.15, -0.1) is 0 Å². The zero-order valence-corrected chi connectivity index (χ0v) is 11.5. The van der Waals surface area contributed by atoms with E-state index >= 15 is 0 Å². The van der Waals surface area contributed by atoms with E-state index in [1.807, 2.05) is 24.3 Å². The first kappa shape index (κ1) is 12.9. The molecule has 3 rings (SSSR count). The van der Waals surface area contributed by atoms with Crippen LogP contribution in [0.2, 0.25) is 0 Å². The summed E-state index contributed by atoms with van der Waals surface area (Å²) >= 11 is 0. The Labute approximate surface area is 118 Å². The van der Waals surface area contributed by atoms with Crippen LogP contribution < -0.4 is 4.90 Å².